The Morgan fingerprint density at radius 1 is 0.846 bits per heavy atom. The van der Waals surface area contributed by atoms with E-state index in [1.165, 1.54) is 0 Å². The fourth-order valence-corrected chi connectivity index (χ4v) is 2.73. The molecule has 0 saturated carbocycles. The molecule has 0 heterocycles. The molecule has 0 unspecified atom stereocenters. The number of aliphatic hydroxyl groups excluding tert-OH is 2. The molecule has 6 heteroatoms. The molecule has 2 aromatic carbocycles. The van der Waals surface area contributed by atoms with E-state index in [0.29, 0.717) is 19.6 Å². The van der Waals surface area contributed by atoms with Crippen LogP contribution in [0.15, 0.2) is 60.7 Å². The Kier molecular flexibility index (Phi) is 10.6. The van der Waals surface area contributed by atoms with Crippen LogP contribution in [0.4, 0.5) is 0 Å². The van der Waals surface area contributed by atoms with Crippen LogP contribution in [0, 0.1) is 0 Å². The Labute approximate surface area is 160 Å². The average Bonchev–Trinajstić information content (AvgIpc) is 2.64. The summed E-state index contributed by atoms with van der Waals surface area (Å²) in [6, 6.07) is 19.1. The number of halogens is 1. The summed E-state index contributed by atoms with van der Waals surface area (Å²) in [5.74, 6) is -0.767. The van der Waals surface area contributed by atoms with Crippen molar-refractivity contribution in [3.63, 3.8) is 0 Å². The quantitative estimate of drug-likeness (QED) is 0.618. The summed E-state index contributed by atoms with van der Waals surface area (Å²) in [4.78, 5) is 14.6. The Morgan fingerprint density at radius 2 is 1.31 bits per heavy atom. The van der Waals surface area contributed by atoms with Gasteiger partial charge in [-0.25, -0.2) is 0 Å². The zero-order chi connectivity index (χ0) is 17.9. The number of rotatable bonds is 10. The van der Waals surface area contributed by atoms with Gasteiger partial charge < -0.3 is 14.9 Å². The Balaban J connectivity index is 0.00000338. The maximum Gasteiger partial charge on any atom is 0.317 e. The third-order valence-electron chi connectivity index (χ3n) is 3.99. The zero-order valence-electron chi connectivity index (χ0n) is 14.7. The molecule has 2 rings (SSSR count). The fourth-order valence-electron chi connectivity index (χ4n) is 2.73. The first kappa shape index (κ1) is 22.1. The molecule has 0 radical (unpaired) electrons. The van der Waals surface area contributed by atoms with Crippen LogP contribution in [0.25, 0.3) is 0 Å². The van der Waals surface area contributed by atoms with Gasteiger partial charge in [0.2, 0.25) is 0 Å². The van der Waals surface area contributed by atoms with E-state index < -0.39 is 5.92 Å². The van der Waals surface area contributed by atoms with Gasteiger partial charge in [-0.05, 0) is 11.1 Å². The molecule has 0 aliphatic rings. The van der Waals surface area contributed by atoms with Crippen molar-refractivity contribution in [2.45, 2.75) is 5.92 Å². The van der Waals surface area contributed by atoms with Crippen molar-refractivity contribution in [2.24, 2.45) is 0 Å². The molecule has 0 spiro atoms. The maximum absolute atomic E-state index is 12.7. The second kappa shape index (κ2) is 12.4. The summed E-state index contributed by atoms with van der Waals surface area (Å²) in [5.41, 5.74) is 1.78. The number of hydrogen-bond donors (Lipinski definition) is 2. The standard InChI is InChI=1S/C20H25NO4.ClH/c22-14-11-21(12-15-23)13-16-25-20(24)19(17-7-3-1-4-8-17)18-9-5-2-6-10-18;/h1-10,19,22-23H,11-16H2;1H. The summed E-state index contributed by atoms with van der Waals surface area (Å²) >= 11 is 0. The first-order chi connectivity index (χ1) is 12.3. The number of hydrogen-bond acceptors (Lipinski definition) is 5. The van der Waals surface area contributed by atoms with Crippen LogP contribution in [0.1, 0.15) is 17.0 Å². The highest BCUT2D eigenvalue weighted by molar-refractivity contribution is 5.85. The molecule has 0 saturated heterocycles. The number of aliphatic hydroxyl groups is 2. The number of benzene rings is 2. The van der Waals surface area contributed by atoms with Gasteiger partial charge in [-0.3, -0.25) is 9.69 Å². The third-order valence-corrected chi connectivity index (χ3v) is 3.99. The van der Waals surface area contributed by atoms with Crippen molar-refractivity contribution < 1.29 is 19.7 Å². The molecule has 2 aromatic rings. The van der Waals surface area contributed by atoms with Crippen molar-refractivity contribution in [2.75, 3.05) is 39.5 Å². The average molecular weight is 380 g/mol. The highest BCUT2D eigenvalue weighted by atomic mass is 35.5. The first-order valence-electron chi connectivity index (χ1n) is 8.47. The lowest BCUT2D eigenvalue weighted by Crippen LogP contribution is -2.34. The van der Waals surface area contributed by atoms with Crippen molar-refractivity contribution in [3.05, 3.63) is 71.8 Å². The lowest BCUT2D eigenvalue weighted by Gasteiger charge is -2.21. The van der Waals surface area contributed by atoms with Crippen LogP contribution < -0.4 is 0 Å². The van der Waals surface area contributed by atoms with E-state index in [9.17, 15) is 4.79 Å². The Bertz CT molecular complexity index is 579. The minimum Gasteiger partial charge on any atom is -0.464 e. The van der Waals surface area contributed by atoms with Crippen molar-refractivity contribution >= 4 is 18.4 Å². The topological polar surface area (TPSA) is 70.0 Å². The summed E-state index contributed by atoms with van der Waals surface area (Å²) in [7, 11) is 0. The van der Waals surface area contributed by atoms with E-state index in [4.69, 9.17) is 14.9 Å². The van der Waals surface area contributed by atoms with Gasteiger partial charge in [-0.1, -0.05) is 60.7 Å². The molecule has 5 nitrogen and oxygen atoms in total. The van der Waals surface area contributed by atoms with Crippen LogP contribution in [0.2, 0.25) is 0 Å². The SMILES string of the molecule is Cl.O=C(OCCN(CCO)CCO)C(c1ccccc1)c1ccccc1. The molecule has 0 aromatic heterocycles. The van der Waals surface area contributed by atoms with Gasteiger partial charge in [0.1, 0.15) is 12.5 Å². The fraction of sp³-hybridized carbons (Fsp3) is 0.350. The molecular formula is C20H26ClNO4. The molecule has 0 atom stereocenters. The largest absolute Gasteiger partial charge is 0.464 e. The monoisotopic (exact) mass is 379 g/mol. The van der Waals surface area contributed by atoms with Crippen LogP contribution >= 0.6 is 12.4 Å². The maximum atomic E-state index is 12.7. The van der Waals surface area contributed by atoms with E-state index in [-0.39, 0.29) is 38.2 Å². The molecule has 2 N–H and O–H groups in total. The number of esters is 1. The van der Waals surface area contributed by atoms with E-state index in [1.807, 2.05) is 65.6 Å². The van der Waals surface area contributed by atoms with Crippen molar-refractivity contribution in [3.8, 4) is 0 Å². The van der Waals surface area contributed by atoms with Gasteiger partial charge in [0.05, 0.1) is 13.2 Å². The normalized spacial score (nSPS) is 10.6. The minimum atomic E-state index is -0.466. The number of ether oxygens (including phenoxy) is 1. The molecule has 26 heavy (non-hydrogen) atoms. The van der Waals surface area contributed by atoms with Gasteiger partial charge in [0, 0.05) is 19.6 Å². The molecule has 0 fully saturated rings. The Morgan fingerprint density at radius 3 is 1.73 bits per heavy atom. The lowest BCUT2D eigenvalue weighted by atomic mass is 9.91. The van der Waals surface area contributed by atoms with E-state index in [0.717, 1.165) is 11.1 Å². The second-order valence-electron chi connectivity index (χ2n) is 5.71. The number of nitrogens with zero attached hydrogens (tertiary/aromatic N) is 1. The second-order valence-corrected chi connectivity index (χ2v) is 5.71. The third kappa shape index (κ3) is 6.77. The summed E-state index contributed by atoms with van der Waals surface area (Å²) in [6.07, 6.45) is 0. The Hall–Kier alpha value is -1.92. The van der Waals surface area contributed by atoms with Crippen molar-refractivity contribution in [1.82, 2.24) is 4.90 Å². The van der Waals surface area contributed by atoms with E-state index in [1.54, 1.807) is 0 Å². The van der Waals surface area contributed by atoms with Gasteiger partial charge >= 0.3 is 5.97 Å². The highest BCUT2D eigenvalue weighted by Crippen LogP contribution is 2.25. The van der Waals surface area contributed by atoms with Gasteiger partial charge in [-0.15, -0.1) is 12.4 Å². The van der Waals surface area contributed by atoms with Crippen molar-refractivity contribution in [1.29, 1.82) is 0 Å². The zero-order valence-corrected chi connectivity index (χ0v) is 15.5. The minimum absolute atomic E-state index is 0. The predicted octanol–water partition coefficient (Wildman–Crippen LogP) is 2.07. The summed E-state index contributed by atoms with van der Waals surface area (Å²) in [5, 5.41) is 18.1. The smallest absolute Gasteiger partial charge is 0.317 e. The number of carbonyl (C=O) groups excluding carboxylic acids is 1. The van der Waals surface area contributed by atoms with Crippen LogP contribution in [-0.2, 0) is 9.53 Å². The summed E-state index contributed by atoms with van der Waals surface area (Å²) in [6.45, 7) is 1.59. The molecule has 0 amide bonds. The van der Waals surface area contributed by atoms with E-state index in [2.05, 4.69) is 0 Å². The lowest BCUT2D eigenvalue weighted by molar-refractivity contribution is -0.144. The first-order valence-corrected chi connectivity index (χ1v) is 8.47. The molecule has 0 aliphatic carbocycles. The molecule has 0 aliphatic heterocycles. The van der Waals surface area contributed by atoms with Crippen LogP contribution in [0.5, 0.6) is 0 Å². The van der Waals surface area contributed by atoms with E-state index >= 15 is 0 Å². The predicted molar refractivity (Wildman–Crippen MR) is 104 cm³/mol. The van der Waals surface area contributed by atoms with Crippen LogP contribution in [-0.4, -0.2) is 60.5 Å². The van der Waals surface area contributed by atoms with Gasteiger partial charge in [0.25, 0.3) is 0 Å². The molecular weight excluding hydrogens is 354 g/mol. The molecule has 0 bridgehead atoms. The van der Waals surface area contributed by atoms with Gasteiger partial charge in [0.15, 0.2) is 0 Å². The van der Waals surface area contributed by atoms with Crippen LogP contribution in [0.3, 0.4) is 0 Å². The molecule has 142 valence electrons. The highest BCUT2D eigenvalue weighted by Gasteiger charge is 2.24. The summed E-state index contributed by atoms with van der Waals surface area (Å²) < 4.78 is 5.49. The number of carbonyl (C=O) groups is 1. The van der Waals surface area contributed by atoms with Gasteiger partial charge in [-0.2, -0.15) is 0 Å².